The molecule has 1 N–H and O–H groups in total. The molecule has 0 fully saturated rings. The Morgan fingerprint density at radius 3 is 2.70 bits per heavy atom. The van der Waals surface area contributed by atoms with Gasteiger partial charge < -0.3 is 10.1 Å². The molecule has 0 saturated heterocycles. The van der Waals surface area contributed by atoms with Crippen LogP contribution in [0, 0.1) is 0 Å². The molecule has 3 aromatic rings. The highest BCUT2D eigenvalue weighted by Gasteiger charge is 2.15. The summed E-state index contributed by atoms with van der Waals surface area (Å²) in [4.78, 5) is 36.3. The van der Waals surface area contributed by atoms with Crippen molar-refractivity contribution in [3.8, 4) is 0 Å². The molecule has 0 spiro atoms. The van der Waals surface area contributed by atoms with Crippen LogP contribution in [0.5, 0.6) is 0 Å². The predicted octanol–water partition coefficient (Wildman–Crippen LogP) is 2.06. The molecule has 114 valence electrons. The van der Waals surface area contributed by atoms with E-state index in [2.05, 4.69) is 20.3 Å². The maximum atomic E-state index is 12.4. The topological polar surface area (TPSA) is 94.1 Å². The van der Waals surface area contributed by atoms with E-state index in [1.54, 1.807) is 30.3 Å². The number of aromatic nitrogens is 3. The van der Waals surface area contributed by atoms with Gasteiger partial charge in [0.05, 0.1) is 23.9 Å². The summed E-state index contributed by atoms with van der Waals surface area (Å²) in [5, 5.41) is 2.68. The molecule has 0 aliphatic rings. The fraction of sp³-hybridized carbons (Fsp3) is 0.0625. The monoisotopic (exact) mass is 308 g/mol. The first-order valence-electron chi connectivity index (χ1n) is 6.74. The van der Waals surface area contributed by atoms with Gasteiger partial charge in [-0.15, -0.1) is 0 Å². The van der Waals surface area contributed by atoms with Crippen molar-refractivity contribution in [2.75, 3.05) is 12.4 Å². The van der Waals surface area contributed by atoms with Crippen LogP contribution in [0.25, 0.3) is 11.2 Å². The molecule has 0 aliphatic carbocycles. The van der Waals surface area contributed by atoms with E-state index in [0.29, 0.717) is 22.4 Å². The number of fused-ring (bicyclic) bond motifs is 1. The summed E-state index contributed by atoms with van der Waals surface area (Å²) in [6.07, 6.45) is 4.47. The van der Waals surface area contributed by atoms with E-state index < -0.39 is 11.9 Å². The number of carbonyl (C=O) groups excluding carboxylic acids is 2. The van der Waals surface area contributed by atoms with Crippen molar-refractivity contribution >= 4 is 28.7 Å². The Morgan fingerprint density at radius 2 is 1.87 bits per heavy atom. The van der Waals surface area contributed by atoms with Crippen molar-refractivity contribution < 1.29 is 14.3 Å². The van der Waals surface area contributed by atoms with Crippen molar-refractivity contribution in [2.24, 2.45) is 0 Å². The normalized spacial score (nSPS) is 10.3. The average molecular weight is 308 g/mol. The molecular weight excluding hydrogens is 296 g/mol. The number of pyridine rings is 1. The summed E-state index contributed by atoms with van der Waals surface area (Å²) in [6.45, 7) is 0. The third-order valence-electron chi connectivity index (χ3n) is 3.17. The van der Waals surface area contributed by atoms with Crippen LogP contribution in [-0.4, -0.2) is 33.9 Å². The molecule has 2 heterocycles. The van der Waals surface area contributed by atoms with E-state index in [0.717, 1.165) is 0 Å². The van der Waals surface area contributed by atoms with Crippen molar-refractivity contribution in [2.45, 2.75) is 0 Å². The van der Waals surface area contributed by atoms with E-state index in [1.165, 1.54) is 25.7 Å². The molecule has 1 amide bonds. The van der Waals surface area contributed by atoms with Crippen LogP contribution in [-0.2, 0) is 4.74 Å². The number of hydrogen-bond donors (Lipinski definition) is 1. The third-order valence-corrected chi connectivity index (χ3v) is 3.17. The Kier molecular flexibility index (Phi) is 3.92. The van der Waals surface area contributed by atoms with Crippen LogP contribution in [0.2, 0.25) is 0 Å². The molecule has 0 bridgehead atoms. The van der Waals surface area contributed by atoms with Gasteiger partial charge in [-0.25, -0.2) is 14.8 Å². The number of amides is 1. The SMILES string of the molecule is COC(=O)c1ccccc1NC(=O)c1cnc2nccnc2c1. The number of para-hydroxylation sites is 1. The molecule has 3 rings (SSSR count). The zero-order valence-corrected chi connectivity index (χ0v) is 12.2. The molecule has 0 radical (unpaired) electrons. The summed E-state index contributed by atoms with van der Waals surface area (Å²) in [5.41, 5.74) is 1.93. The highest BCUT2D eigenvalue weighted by molar-refractivity contribution is 6.08. The van der Waals surface area contributed by atoms with Gasteiger partial charge >= 0.3 is 5.97 Å². The van der Waals surface area contributed by atoms with Crippen LogP contribution in [0.1, 0.15) is 20.7 Å². The third kappa shape index (κ3) is 2.98. The molecule has 0 aliphatic heterocycles. The first-order valence-corrected chi connectivity index (χ1v) is 6.74. The summed E-state index contributed by atoms with van der Waals surface area (Å²) in [6, 6.07) is 8.19. The maximum absolute atomic E-state index is 12.4. The Hall–Kier alpha value is -3.35. The van der Waals surface area contributed by atoms with Gasteiger partial charge in [-0.05, 0) is 18.2 Å². The van der Waals surface area contributed by atoms with Crippen LogP contribution >= 0.6 is 0 Å². The summed E-state index contributed by atoms with van der Waals surface area (Å²) >= 11 is 0. The number of anilines is 1. The lowest BCUT2D eigenvalue weighted by Crippen LogP contribution is -2.15. The minimum Gasteiger partial charge on any atom is -0.465 e. The maximum Gasteiger partial charge on any atom is 0.339 e. The summed E-state index contributed by atoms with van der Waals surface area (Å²) in [5.74, 6) is -0.926. The van der Waals surface area contributed by atoms with E-state index in [9.17, 15) is 9.59 Å². The van der Waals surface area contributed by atoms with Gasteiger partial charge in [0.2, 0.25) is 0 Å². The molecule has 0 unspecified atom stereocenters. The average Bonchev–Trinajstić information content (AvgIpc) is 2.61. The number of nitrogens with one attached hydrogen (secondary N) is 1. The van der Waals surface area contributed by atoms with Crippen molar-refractivity contribution in [1.82, 2.24) is 15.0 Å². The Balaban J connectivity index is 1.90. The molecule has 1 aromatic carbocycles. The number of carbonyl (C=O) groups is 2. The first-order chi connectivity index (χ1) is 11.2. The zero-order chi connectivity index (χ0) is 16.2. The Labute approximate surface area is 131 Å². The van der Waals surface area contributed by atoms with Gasteiger partial charge in [-0.1, -0.05) is 12.1 Å². The number of hydrogen-bond acceptors (Lipinski definition) is 6. The van der Waals surface area contributed by atoms with Crippen molar-refractivity contribution in [3.63, 3.8) is 0 Å². The number of benzene rings is 1. The van der Waals surface area contributed by atoms with E-state index in [4.69, 9.17) is 4.74 Å². The molecule has 0 saturated carbocycles. The minimum absolute atomic E-state index is 0.275. The minimum atomic E-state index is -0.525. The molecule has 23 heavy (non-hydrogen) atoms. The van der Waals surface area contributed by atoms with Gasteiger partial charge in [-0.2, -0.15) is 0 Å². The van der Waals surface area contributed by atoms with Crippen LogP contribution in [0.4, 0.5) is 5.69 Å². The number of ether oxygens (including phenoxy) is 1. The van der Waals surface area contributed by atoms with Crippen LogP contribution < -0.4 is 5.32 Å². The van der Waals surface area contributed by atoms with E-state index in [-0.39, 0.29) is 5.56 Å². The smallest absolute Gasteiger partial charge is 0.339 e. The quantitative estimate of drug-likeness (QED) is 0.744. The first kappa shape index (κ1) is 14.6. The fourth-order valence-electron chi connectivity index (χ4n) is 2.06. The van der Waals surface area contributed by atoms with Gasteiger partial charge in [0.25, 0.3) is 5.91 Å². The van der Waals surface area contributed by atoms with Crippen LogP contribution in [0.15, 0.2) is 48.9 Å². The highest BCUT2D eigenvalue weighted by Crippen LogP contribution is 2.17. The molecule has 2 aromatic heterocycles. The molecular formula is C16H12N4O3. The highest BCUT2D eigenvalue weighted by atomic mass is 16.5. The van der Waals surface area contributed by atoms with E-state index in [1.807, 2.05) is 0 Å². The number of methoxy groups -OCH3 is 1. The lowest BCUT2D eigenvalue weighted by molar-refractivity contribution is 0.0602. The Bertz CT molecular complexity index is 895. The number of esters is 1. The summed E-state index contributed by atoms with van der Waals surface area (Å²) < 4.78 is 4.70. The molecule has 7 nitrogen and oxygen atoms in total. The molecule has 0 atom stereocenters. The fourth-order valence-corrected chi connectivity index (χ4v) is 2.06. The lowest BCUT2D eigenvalue weighted by atomic mass is 10.1. The molecule has 7 heteroatoms. The van der Waals surface area contributed by atoms with Gasteiger partial charge in [-0.3, -0.25) is 9.78 Å². The second-order valence-corrected chi connectivity index (χ2v) is 4.61. The zero-order valence-electron chi connectivity index (χ0n) is 12.2. The number of nitrogens with zero attached hydrogens (tertiary/aromatic N) is 3. The van der Waals surface area contributed by atoms with Crippen molar-refractivity contribution in [1.29, 1.82) is 0 Å². The second kappa shape index (κ2) is 6.18. The lowest BCUT2D eigenvalue weighted by Gasteiger charge is -2.09. The van der Waals surface area contributed by atoms with Crippen LogP contribution in [0.3, 0.4) is 0 Å². The Morgan fingerprint density at radius 1 is 1.09 bits per heavy atom. The van der Waals surface area contributed by atoms with Gasteiger partial charge in [0, 0.05) is 18.6 Å². The largest absolute Gasteiger partial charge is 0.465 e. The van der Waals surface area contributed by atoms with E-state index >= 15 is 0 Å². The van der Waals surface area contributed by atoms with Crippen molar-refractivity contribution in [3.05, 3.63) is 60.0 Å². The second-order valence-electron chi connectivity index (χ2n) is 4.61. The standard InChI is InChI=1S/C16H12N4O3/c1-23-16(22)11-4-2-3-5-12(11)20-15(21)10-8-13-14(19-9-10)18-7-6-17-13/h2-9H,1H3,(H,20,21). The van der Waals surface area contributed by atoms with Gasteiger partial charge in [0.15, 0.2) is 5.65 Å². The number of rotatable bonds is 3. The summed E-state index contributed by atoms with van der Waals surface area (Å²) in [7, 11) is 1.28. The van der Waals surface area contributed by atoms with Gasteiger partial charge in [0.1, 0.15) is 5.52 Å². The predicted molar refractivity (Wildman–Crippen MR) is 83.1 cm³/mol.